The first-order valence-corrected chi connectivity index (χ1v) is 6.81. The molecule has 2 aromatic carbocycles. The van der Waals surface area contributed by atoms with E-state index in [-0.39, 0.29) is 5.75 Å². The van der Waals surface area contributed by atoms with Crippen molar-refractivity contribution >= 4 is 0 Å². The molecule has 0 saturated heterocycles. The Morgan fingerprint density at radius 1 is 1.00 bits per heavy atom. The van der Waals surface area contributed by atoms with Crippen LogP contribution < -0.4 is 9.47 Å². The van der Waals surface area contributed by atoms with Gasteiger partial charge in [0.05, 0.1) is 20.3 Å². The van der Waals surface area contributed by atoms with Crippen molar-refractivity contribution in [2.75, 3.05) is 14.2 Å². The standard InChI is InChI=1S/C17H20O4/c1-20-15-9-13(10-16(11-15)21-2)17(19)7-6-12-4-3-5-14(18)8-12/h3-5,8-11,17-19H,6-7H2,1-2H3. The van der Waals surface area contributed by atoms with Crippen LogP contribution in [0, 0.1) is 0 Å². The quantitative estimate of drug-likeness (QED) is 0.857. The highest BCUT2D eigenvalue weighted by Crippen LogP contribution is 2.28. The summed E-state index contributed by atoms with van der Waals surface area (Å²) in [7, 11) is 3.16. The molecule has 0 radical (unpaired) electrons. The van der Waals surface area contributed by atoms with Crippen LogP contribution in [0.4, 0.5) is 0 Å². The van der Waals surface area contributed by atoms with Crippen LogP contribution in [0.15, 0.2) is 42.5 Å². The maximum atomic E-state index is 10.3. The minimum atomic E-state index is -0.614. The van der Waals surface area contributed by atoms with E-state index in [0.717, 1.165) is 11.1 Å². The van der Waals surface area contributed by atoms with Gasteiger partial charge >= 0.3 is 0 Å². The molecule has 0 bridgehead atoms. The first-order valence-electron chi connectivity index (χ1n) is 6.81. The highest BCUT2D eigenvalue weighted by atomic mass is 16.5. The molecule has 2 aromatic rings. The topological polar surface area (TPSA) is 58.9 Å². The third kappa shape index (κ3) is 4.13. The second kappa shape index (κ2) is 6.99. The Balaban J connectivity index is 2.07. The van der Waals surface area contributed by atoms with Crippen molar-refractivity contribution in [3.8, 4) is 17.2 Å². The molecule has 0 amide bonds. The van der Waals surface area contributed by atoms with Gasteiger partial charge in [-0.3, -0.25) is 0 Å². The summed E-state index contributed by atoms with van der Waals surface area (Å²) in [4.78, 5) is 0. The van der Waals surface area contributed by atoms with Crippen molar-refractivity contribution in [1.82, 2.24) is 0 Å². The fourth-order valence-electron chi connectivity index (χ4n) is 2.20. The van der Waals surface area contributed by atoms with Gasteiger partial charge in [0.15, 0.2) is 0 Å². The van der Waals surface area contributed by atoms with Gasteiger partial charge in [-0.25, -0.2) is 0 Å². The van der Waals surface area contributed by atoms with Crippen LogP contribution in [0.1, 0.15) is 23.7 Å². The zero-order valence-electron chi connectivity index (χ0n) is 12.2. The van der Waals surface area contributed by atoms with Crippen LogP contribution in [-0.2, 0) is 6.42 Å². The van der Waals surface area contributed by atoms with E-state index >= 15 is 0 Å². The normalized spacial score (nSPS) is 12.0. The number of aryl methyl sites for hydroxylation is 1. The summed E-state index contributed by atoms with van der Waals surface area (Å²) >= 11 is 0. The van der Waals surface area contributed by atoms with Crippen LogP contribution in [0.2, 0.25) is 0 Å². The van der Waals surface area contributed by atoms with Crippen LogP contribution in [0.5, 0.6) is 17.2 Å². The van der Waals surface area contributed by atoms with Gasteiger partial charge in [0.25, 0.3) is 0 Å². The van der Waals surface area contributed by atoms with Gasteiger partial charge in [0.2, 0.25) is 0 Å². The third-order valence-electron chi connectivity index (χ3n) is 3.38. The number of ether oxygens (including phenoxy) is 2. The number of aliphatic hydroxyl groups is 1. The predicted octanol–water partition coefficient (Wildman–Crippen LogP) is 3.08. The molecule has 4 heteroatoms. The van der Waals surface area contributed by atoms with E-state index in [0.29, 0.717) is 24.3 Å². The number of hydrogen-bond acceptors (Lipinski definition) is 4. The molecule has 1 unspecified atom stereocenters. The second-order valence-corrected chi connectivity index (χ2v) is 4.87. The smallest absolute Gasteiger partial charge is 0.122 e. The molecule has 0 aromatic heterocycles. The molecule has 0 saturated carbocycles. The summed E-state index contributed by atoms with van der Waals surface area (Å²) in [6.45, 7) is 0. The molecule has 112 valence electrons. The highest BCUT2D eigenvalue weighted by Gasteiger charge is 2.11. The van der Waals surface area contributed by atoms with Crippen LogP contribution in [0.3, 0.4) is 0 Å². The summed E-state index contributed by atoms with van der Waals surface area (Å²) < 4.78 is 10.4. The van der Waals surface area contributed by atoms with Crippen LogP contribution in [-0.4, -0.2) is 24.4 Å². The molecular weight excluding hydrogens is 268 g/mol. The van der Waals surface area contributed by atoms with Gasteiger partial charge in [-0.2, -0.15) is 0 Å². The fraction of sp³-hybridized carbons (Fsp3) is 0.294. The van der Waals surface area contributed by atoms with Crippen molar-refractivity contribution < 1.29 is 19.7 Å². The minimum Gasteiger partial charge on any atom is -0.508 e. The average Bonchev–Trinajstić information content (AvgIpc) is 2.52. The third-order valence-corrected chi connectivity index (χ3v) is 3.38. The predicted molar refractivity (Wildman–Crippen MR) is 80.9 cm³/mol. The Hall–Kier alpha value is -2.20. The average molecular weight is 288 g/mol. The van der Waals surface area contributed by atoms with Crippen molar-refractivity contribution in [3.05, 3.63) is 53.6 Å². The van der Waals surface area contributed by atoms with Crippen LogP contribution in [0.25, 0.3) is 0 Å². The van der Waals surface area contributed by atoms with Crippen molar-refractivity contribution in [2.45, 2.75) is 18.9 Å². The number of aromatic hydroxyl groups is 1. The molecule has 0 fully saturated rings. The lowest BCUT2D eigenvalue weighted by atomic mass is 10.0. The van der Waals surface area contributed by atoms with E-state index < -0.39 is 6.10 Å². The van der Waals surface area contributed by atoms with Gasteiger partial charge in [-0.1, -0.05) is 12.1 Å². The van der Waals surface area contributed by atoms with Crippen molar-refractivity contribution in [1.29, 1.82) is 0 Å². The lowest BCUT2D eigenvalue weighted by molar-refractivity contribution is 0.167. The van der Waals surface area contributed by atoms with Gasteiger partial charge in [0.1, 0.15) is 17.2 Å². The summed E-state index contributed by atoms with van der Waals surface area (Å²) in [5, 5.41) is 19.8. The van der Waals surface area contributed by atoms with Gasteiger partial charge in [0, 0.05) is 6.07 Å². The molecule has 2 N–H and O–H groups in total. The number of hydrogen-bond donors (Lipinski definition) is 2. The summed E-state index contributed by atoms with van der Waals surface area (Å²) in [5.41, 5.74) is 1.75. The number of methoxy groups -OCH3 is 2. The molecular formula is C17H20O4. The lowest BCUT2D eigenvalue weighted by Crippen LogP contribution is -2.01. The van der Waals surface area contributed by atoms with E-state index in [4.69, 9.17) is 9.47 Å². The Bertz CT molecular complexity index is 573. The maximum Gasteiger partial charge on any atom is 0.122 e. The summed E-state index contributed by atoms with van der Waals surface area (Å²) in [5.74, 6) is 1.55. The van der Waals surface area contributed by atoms with E-state index in [1.807, 2.05) is 6.07 Å². The maximum absolute atomic E-state index is 10.3. The molecule has 0 heterocycles. The first-order chi connectivity index (χ1) is 10.1. The SMILES string of the molecule is COc1cc(OC)cc(C(O)CCc2cccc(O)c2)c1. The van der Waals surface area contributed by atoms with Gasteiger partial charge in [-0.05, 0) is 48.2 Å². The molecule has 0 spiro atoms. The number of benzene rings is 2. The van der Waals surface area contributed by atoms with Crippen LogP contribution >= 0.6 is 0 Å². The van der Waals surface area contributed by atoms with E-state index in [9.17, 15) is 10.2 Å². The Labute approximate surface area is 124 Å². The van der Waals surface area contributed by atoms with E-state index in [2.05, 4.69) is 0 Å². The summed E-state index contributed by atoms with van der Waals surface area (Å²) in [6, 6.07) is 12.4. The number of phenolic OH excluding ortho intramolecular Hbond substituents is 1. The molecule has 0 aliphatic rings. The molecule has 2 rings (SSSR count). The van der Waals surface area contributed by atoms with E-state index in [1.54, 1.807) is 50.6 Å². The molecule has 0 aliphatic carbocycles. The molecule has 4 nitrogen and oxygen atoms in total. The lowest BCUT2D eigenvalue weighted by Gasteiger charge is -2.14. The number of phenols is 1. The monoisotopic (exact) mass is 288 g/mol. The van der Waals surface area contributed by atoms with Gasteiger partial charge in [-0.15, -0.1) is 0 Å². The molecule has 21 heavy (non-hydrogen) atoms. The second-order valence-electron chi connectivity index (χ2n) is 4.87. The highest BCUT2D eigenvalue weighted by molar-refractivity contribution is 5.39. The molecule has 0 aliphatic heterocycles. The zero-order valence-corrected chi connectivity index (χ0v) is 12.2. The Morgan fingerprint density at radius 3 is 2.24 bits per heavy atom. The fourth-order valence-corrected chi connectivity index (χ4v) is 2.20. The largest absolute Gasteiger partial charge is 0.508 e. The number of aliphatic hydroxyl groups excluding tert-OH is 1. The minimum absolute atomic E-state index is 0.241. The van der Waals surface area contributed by atoms with Crippen molar-refractivity contribution in [2.24, 2.45) is 0 Å². The Kier molecular flexibility index (Phi) is 5.06. The Morgan fingerprint density at radius 2 is 1.67 bits per heavy atom. The molecule has 1 atom stereocenters. The first kappa shape index (κ1) is 15.2. The summed E-state index contributed by atoms with van der Waals surface area (Å²) in [6.07, 6.45) is 0.617. The number of rotatable bonds is 6. The van der Waals surface area contributed by atoms with E-state index in [1.165, 1.54) is 0 Å². The van der Waals surface area contributed by atoms with Crippen molar-refractivity contribution in [3.63, 3.8) is 0 Å². The van der Waals surface area contributed by atoms with Gasteiger partial charge < -0.3 is 19.7 Å². The zero-order chi connectivity index (χ0) is 15.2.